The average molecular weight is 310 g/mol. The molecule has 0 bridgehead atoms. The Labute approximate surface area is 132 Å². The highest BCUT2D eigenvalue weighted by Gasteiger charge is 2.18. The van der Waals surface area contributed by atoms with Crippen LogP contribution in [-0.2, 0) is 11.3 Å². The van der Waals surface area contributed by atoms with E-state index in [0.29, 0.717) is 18.0 Å². The number of rotatable bonds is 6. The zero-order valence-corrected chi connectivity index (χ0v) is 13.7. The van der Waals surface area contributed by atoms with E-state index in [-0.39, 0.29) is 5.91 Å². The molecule has 1 saturated carbocycles. The molecule has 21 heavy (non-hydrogen) atoms. The van der Waals surface area contributed by atoms with Crippen molar-refractivity contribution in [3.05, 3.63) is 28.8 Å². The zero-order chi connectivity index (χ0) is 15.2. The van der Waals surface area contributed by atoms with Crippen molar-refractivity contribution in [3.63, 3.8) is 0 Å². The highest BCUT2D eigenvalue weighted by molar-refractivity contribution is 6.30. The first-order chi connectivity index (χ1) is 10.1. The number of methoxy groups -OCH3 is 1. The standard InChI is InChI=1S/C17H24ClNO2/c1-19(17(20)10-7-13-5-3-4-6-13)12-14-11-15(18)8-9-16(14)21-2/h8-9,11,13H,3-7,10,12H2,1-2H3. The molecule has 2 rings (SSSR count). The van der Waals surface area contributed by atoms with Gasteiger partial charge in [0.15, 0.2) is 0 Å². The van der Waals surface area contributed by atoms with E-state index in [1.165, 1.54) is 25.7 Å². The van der Waals surface area contributed by atoms with E-state index in [1.54, 1.807) is 18.1 Å². The molecule has 0 unspecified atom stereocenters. The van der Waals surface area contributed by atoms with Crippen LogP contribution in [0.15, 0.2) is 18.2 Å². The summed E-state index contributed by atoms with van der Waals surface area (Å²) in [5.41, 5.74) is 0.946. The highest BCUT2D eigenvalue weighted by atomic mass is 35.5. The van der Waals surface area contributed by atoms with Crippen LogP contribution in [0.25, 0.3) is 0 Å². The molecule has 1 aliphatic rings. The maximum absolute atomic E-state index is 12.2. The molecule has 3 nitrogen and oxygen atoms in total. The Hall–Kier alpha value is -1.22. The van der Waals surface area contributed by atoms with Crippen molar-refractivity contribution < 1.29 is 9.53 Å². The number of amides is 1. The third-order valence-corrected chi connectivity index (χ3v) is 4.55. The third-order valence-electron chi connectivity index (χ3n) is 4.32. The molecule has 1 amide bonds. The van der Waals surface area contributed by atoms with Crippen molar-refractivity contribution in [1.29, 1.82) is 0 Å². The Morgan fingerprint density at radius 3 is 2.76 bits per heavy atom. The Kier molecular flexibility index (Phi) is 5.92. The summed E-state index contributed by atoms with van der Waals surface area (Å²) in [5, 5.41) is 0.664. The van der Waals surface area contributed by atoms with E-state index in [4.69, 9.17) is 16.3 Å². The van der Waals surface area contributed by atoms with Crippen LogP contribution in [0.1, 0.15) is 44.1 Å². The minimum atomic E-state index is 0.198. The monoisotopic (exact) mass is 309 g/mol. The normalized spacial score (nSPS) is 15.2. The minimum Gasteiger partial charge on any atom is -0.496 e. The fraction of sp³-hybridized carbons (Fsp3) is 0.588. The third kappa shape index (κ3) is 4.63. The van der Waals surface area contributed by atoms with Crippen molar-refractivity contribution in [1.82, 2.24) is 4.90 Å². The highest BCUT2D eigenvalue weighted by Crippen LogP contribution is 2.29. The second kappa shape index (κ2) is 7.69. The number of benzene rings is 1. The second-order valence-corrected chi connectivity index (χ2v) is 6.33. The van der Waals surface area contributed by atoms with Gasteiger partial charge in [-0.2, -0.15) is 0 Å². The van der Waals surface area contributed by atoms with Gasteiger partial charge in [0.1, 0.15) is 5.75 Å². The molecule has 1 aromatic rings. The fourth-order valence-electron chi connectivity index (χ4n) is 3.03. The molecule has 1 aliphatic carbocycles. The number of carbonyl (C=O) groups is 1. The average Bonchev–Trinajstić information content (AvgIpc) is 2.98. The molecule has 116 valence electrons. The second-order valence-electron chi connectivity index (χ2n) is 5.90. The Bertz CT molecular complexity index is 484. The SMILES string of the molecule is COc1ccc(Cl)cc1CN(C)C(=O)CCC1CCCC1. The van der Waals surface area contributed by atoms with E-state index < -0.39 is 0 Å². The number of hydrogen-bond acceptors (Lipinski definition) is 2. The van der Waals surface area contributed by atoms with Gasteiger partial charge in [-0.1, -0.05) is 37.3 Å². The van der Waals surface area contributed by atoms with E-state index in [1.807, 2.05) is 19.2 Å². The molecule has 0 N–H and O–H groups in total. The number of ether oxygens (including phenoxy) is 1. The minimum absolute atomic E-state index is 0.198. The lowest BCUT2D eigenvalue weighted by Gasteiger charge is -2.20. The lowest BCUT2D eigenvalue weighted by molar-refractivity contribution is -0.130. The first kappa shape index (κ1) is 16.2. The largest absolute Gasteiger partial charge is 0.496 e. The van der Waals surface area contributed by atoms with E-state index in [2.05, 4.69) is 0 Å². The topological polar surface area (TPSA) is 29.5 Å². The van der Waals surface area contributed by atoms with Crippen LogP contribution in [-0.4, -0.2) is 25.0 Å². The van der Waals surface area contributed by atoms with E-state index in [9.17, 15) is 4.79 Å². The quantitative estimate of drug-likeness (QED) is 0.785. The summed E-state index contributed by atoms with van der Waals surface area (Å²) in [6, 6.07) is 5.50. The van der Waals surface area contributed by atoms with Gasteiger partial charge in [-0.05, 0) is 30.5 Å². The number of hydrogen-bond donors (Lipinski definition) is 0. The van der Waals surface area contributed by atoms with Crippen molar-refractivity contribution in [2.24, 2.45) is 5.92 Å². The van der Waals surface area contributed by atoms with E-state index in [0.717, 1.165) is 23.7 Å². The summed E-state index contributed by atoms with van der Waals surface area (Å²) in [5.74, 6) is 1.72. The number of carbonyl (C=O) groups excluding carboxylic acids is 1. The zero-order valence-electron chi connectivity index (χ0n) is 12.9. The summed E-state index contributed by atoms with van der Waals surface area (Å²) >= 11 is 6.03. The van der Waals surface area contributed by atoms with Crippen molar-refractivity contribution in [2.75, 3.05) is 14.2 Å². The summed E-state index contributed by atoms with van der Waals surface area (Å²) < 4.78 is 5.33. The molecule has 0 aliphatic heterocycles. The Morgan fingerprint density at radius 1 is 1.38 bits per heavy atom. The molecule has 0 atom stereocenters. The number of nitrogens with zero attached hydrogens (tertiary/aromatic N) is 1. The Balaban J connectivity index is 1.89. The van der Waals surface area contributed by atoms with Gasteiger partial charge in [0, 0.05) is 30.6 Å². The van der Waals surface area contributed by atoms with Crippen LogP contribution >= 0.6 is 11.6 Å². The first-order valence-electron chi connectivity index (χ1n) is 7.66. The predicted molar refractivity (Wildman–Crippen MR) is 85.7 cm³/mol. The lowest BCUT2D eigenvalue weighted by Crippen LogP contribution is -2.26. The molecule has 0 heterocycles. The van der Waals surface area contributed by atoms with Crippen molar-refractivity contribution >= 4 is 17.5 Å². The molecule has 1 fully saturated rings. The smallest absolute Gasteiger partial charge is 0.222 e. The van der Waals surface area contributed by atoms with Crippen LogP contribution in [0, 0.1) is 5.92 Å². The molecule has 0 spiro atoms. The van der Waals surface area contributed by atoms with Crippen molar-refractivity contribution in [2.45, 2.75) is 45.1 Å². The van der Waals surface area contributed by atoms with Crippen LogP contribution in [0.3, 0.4) is 0 Å². The summed E-state index contributed by atoms with van der Waals surface area (Å²) in [6.45, 7) is 0.535. The van der Waals surface area contributed by atoms with Gasteiger partial charge in [0.25, 0.3) is 0 Å². The van der Waals surface area contributed by atoms with Gasteiger partial charge in [-0.3, -0.25) is 4.79 Å². The molecular formula is C17H24ClNO2. The van der Waals surface area contributed by atoms with Crippen LogP contribution in [0.4, 0.5) is 0 Å². The predicted octanol–water partition coefficient (Wildman–Crippen LogP) is 4.28. The summed E-state index contributed by atoms with van der Waals surface area (Å²) in [7, 11) is 3.48. The maximum Gasteiger partial charge on any atom is 0.222 e. The van der Waals surface area contributed by atoms with Crippen LogP contribution in [0.5, 0.6) is 5.75 Å². The fourth-order valence-corrected chi connectivity index (χ4v) is 3.23. The van der Waals surface area contributed by atoms with Crippen molar-refractivity contribution in [3.8, 4) is 5.75 Å². The molecule has 1 aromatic carbocycles. The number of halogens is 1. The van der Waals surface area contributed by atoms with Crippen LogP contribution < -0.4 is 4.74 Å². The van der Waals surface area contributed by atoms with Crippen LogP contribution in [0.2, 0.25) is 5.02 Å². The van der Waals surface area contributed by atoms with Gasteiger partial charge >= 0.3 is 0 Å². The lowest BCUT2D eigenvalue weighted by atomic mass is 10.0. The molecule has 0 saturated heterocycles. The molecule has 0 radical (unpaired) electrons. The van der Waals surface area contributed by atoms with Gasteiger partial charge < -0.3 is 9.64 Å². The van der Waals surface area contributed by atoms with Gasteiger partial charge in [-0.15, -0.1) is 0 Å². The summed E-state index contributed by atoms with van der Waals surface area (Å²) in [4.78, 5) is 14.0. The molecular weight excluding hydrogens is 286 g/mol. The van der Waals surface area contributed by atoms with E-state index >= 15 is 0 Å². The van der Waals surface area contributed by atoms with Gasteiger partial charge in [0.05, 0.1) is 7.11 Å². The van der Waals surface area contributed by atoms with Gasteiger partial charge in [-0.25, -0.2) is 0 Å². The molecule has 4 heteroatoms. The maximum atomic E-state index is 12.2. The van der Waals surface area contributed by atoms with Gasteiger partial charge in [0.2, 0.25) is 5.91 Å². The summed E-state index contributed by atoms with van der Waals surface area (Å²) in [6.07, 6.45) is 6.90. The molecule has 0 aromatic heterocycles. The Morgan fingerprint density at radius 2 is 2.10 bits per heavy atom. The first-order valence-corrected chi connectivity index (χ1v) is 8.04.